The van der Waals surface area contributed by atoms with Crippen LogP contribution in [0.5, 0.6) is 0 Å². The highest BCUT2D eigenvalue weighted by Crippen LogP contribution is 2.53. The van der Waals surface area contributed by atoms with Gasteiger partial charge in [0.15, 0.2) is 0 Å². The summed E-state index contributed by atoms with van der Waals surface area (Å²) in [5, 5.41) is 13.0. The Kier molecular flexibility index (Phi) is 6.03. The first-order valence-electron chi connectivity index (χ1n) is 14.3. The van der Waals surface area contributed by atoms with Crippen LogP contribution >= 0.6 is 0 Å². The van der Waals surface area contributed by atoms with E-state index in [-0.39, 0.29) is 23.8 Å². The van der Waals surface area contributed by atoms with Gasteiger partial charge in [-0.2, -0.15) is 0 Å². The van der Waals surface area contributed by atoms with E-state index in [2.05, 4.69) is 23.5 Å². The molecule has 4 bridgehead atoms. The summed E-state index contributed by atoms with van der Waals surface area (Å²) < 4.78 is 0. The van der Waals surface area contributed by atoms with E-state index >= 15 is 0 Å². The number of nitrogens with one attached hydrogen (secondary N) is 1. The molecule has 7 heteroatoms. The number of likely N-dealkylation sites (tertiary alicyclic amines) is 1. The van der Waals surface area contributed by atoms with E-state index in [1.807, 2.05) is 15.9 Å². The molecular weight excluding hydrogens is 466 g/mol. The van der Waals surface area contributed by atoms with Gasteiger partial charge in [0.05, 0.1) is 5.41 Å². The predicted octanol–water partition coefficient (Wildman–Crippen LogP) is 4.40. The average Bonchev–Trinajstić information content (AvgIpc) is 2.86. The van der Waals surface area contributed by atoms with Gasteiger partial charge in [0, 0.05) is 44.1 Å². The quantitative estimate of drug-likeness (QED) is 0.632. The molecule has 0 radical (unpaired) electrons. The number of rotatable bonds is 4. The van der Waals surface area contributed by atoms with Crippen LogP contribution in [0, 0.1) is 29.1 Å². The lowest BCUT2D eigenvalue weighted by atomic mass is 9.54. The van der Waals surface area contributed by atoms with Crippen LogP contribution in [0.25, 0.3) is 0 Å². The normalized spacial score (nSPS) is 31.8. The molecule has 4 saturated carbocycles. The molecule has 3 amide bonds. The number of hydrogen-bond acceptors (Lipinski definition) is 3. The van der Waals surface area contributed by atoms with Gasteiger partial charge in [-0.3, -0.25) is 9.59 Å². The summed E-state index contributed by atoms with van der Waals surface area (Å²) >= 11 is 0. The molecule has 0 atom stereocenters. The summed E-state index contributed by atoms with van der Waals surface area (Å²) in [5.74, 6) is 2.05. The van der Waals surface area contributed by atoms with Gasteiger partial charge in [-0.1, -0.05) is 24.3 Å². The second-order valence-electron chi connectivity index (χ2n) is 13.4. The minimum absolute atomic E-state index is 0.0133. The van der Waals surface area contributed by atoms with Crippen molar-refractivity contribution in [1.82, 2.24) is 15.1 Å². The molecule has 2 heterocycles. The Balaban J connectivity index is 1.14. The van der Waals surface area contributed by atoms with E-state index in [9.17, 15) is 19.5 Å². The molecule has 1 saturated heterocycles. The Hall–Kier alpha value is -2.57. The second-order valence-corrected chi connectivity index (χ2v) is 13.4. The Labute approximate surface area is 220 Å². The van der Waals surface area contributed by atoms with E-state index in [0.29, 0.717) is 44.1 Å². The van der Waals surface area contributed by atoms with Crippen molar-refractivity contribution >= 4 is 17.9 Å². The molecule has 7 nitrogen and oxygen atoms in total. The zero-order chi connectivity index (χ0) is 25.9. The molecule has 2 aliphatic heterocycles. The fraction of sp³-hybridized carbons (Fsp3) is 0.700. The van der Waals surface area contributed by atoms with Gasteiger partial charge < -0.3 is 20.2 Å². The number of carbonyl (C=O) groups is 3. The molecule has 1 aromatic carbocycles. The predicted molar refractivity (Wildman–Crippen MR) is 140 cm³/mol. The highest BCUT2D eigenvalue weighted by Gasteiger charge is 2.50. The molecule has 0 aromatic heterocycles. The fourth-order valence-electron chi connectivity index (χ4n) is 8.59. The van der Waals surface area contributed by atoms with Gasteiger partial charge in [0.25, 0.3) is 0 Å². The molecule has 2 N–H and O–H groups in total. The number of hydrogen-bond donors (Lipinski definition) is 2. The van der Waals surface area contributed by atoms with Crippen molar-refractivity contribution in [2.75, 3.05) is 19.6 Å². The number of piperidine rings is 1. The molecule has 1 spiro atoms. The standard InChI is InChI=1S/C30H41N3O4/c1-29(2,27(35)36)16-25(34)33-17-21-5-3-4-6-24(21)30(18-33)7-9-32(10-8-30)28(37)31-26-22-12-19-11-20(14-22)15-23(26)13-19/h3-6,19-20,22-23,26H,7-18H2,1-2H3,(H,31,37)(H,35,36). The largest absolute Gasteiger partial charge is 0.481 e. The average molecular weight is 508 g/mol. The lowest BCUT2D eigenvalue weighted by Gasteiger charge is -2.55. The monoisotopic (exact) mass is 507 g/mol. The van der Waals surface area contributed by atoms with Crippen molar-refractivity contribution in [2.24, 2.45) is 29.1 Å². The first-order valence-corrected chi connectivity index (χ1v) is 14.3. The van der Waals surface area contributed by atoms with Crippen LogP contribution in [0.2, 0.25) is 0 Å². The maximum Gasteiger partial charge on any atom is 0.317 e. The topological polar surface area (TPSA) is 90.0 Å². The number of carbonyl (C=O) groups excluding carboxylic acids is 2. The van der Waals surface area contributed by atoms with Crippen molar-refractivity contribution in [3.8, 4) is 0 Å². The van der Waals surface area contributed by atoms with E-state index in [0.717, 1.165) is 30.2 Å². The summed E-state index contributed by atoms with van der Waals surface area (Å²) in [6.07, 6.45) is 8.19. The van der Waals surface area contributed by atoms with Crippen molar-refractivity contribution in [2.45, 2.75) is 83.2 Å². The number of aliphatic carboxylic acids is 1. The molecule has 5 fully saturated rings. The van der Waals surface area contributed by atoms with Crippen LogP contribution in [-0.4, -0.2) is 58.5 Å². The van der Waals surface area contributed by atoms with E-state index in [1.165, 1.54) is 37.7 Å². The highest BCUT2D eigenvalue weighted by molar-refractivity contribution is 5.84. The highest BCUT2D eigenvalue weighted by atomic mass is 16.4. The van der Waals surface area contributed by atoms with Crippen LogP contribution in [0.1, 0.15) is 76.3 Å². The second kappa shape index (κ2) is 9.02. The van der Waals surface area contributed by atoms with Gasteiger partial charge >= 0.3 is 12.0 Å². The van der Waals surface area contributed by atoms with Crippen molar-refractivity contribution in [3.05, 3.63) is 35.4 Å². The van der Waals surface area contributed by atoms with Gasteiger partial charge in [-0.15, -0.1) is 0 Å². The van der Waals surface area contributed by atoms with Crippen LogP contribution in [0.15, 0.2) is 24.3 Å². The Morgan fingerprint density at radius 3 is 2.22 bits per heavy atom. The maximum atomic E-state index is 13.4. The molecule has 0 unspecified atom stereocenters. The fourth-order valence-corrected chi connectivity index (χ4v) is 8.59. The van der Waals surface area contributed by atoms with Crippen molar-refractivity contribution in [3.63, 3.8) is 0 Å². The number of amides is 3. The van der Waals surface area contributed by atoms with E-state index in [4.69, 9.17) is 0 Å². The number of carboxylic acid groups (broad SMARTS) is 1. The maximum absolute atomic E-state index is 13.4. The smallest absolute Gasteiger partial charge is 0.317 e. The van der Waals surface area contributed by atoms with Crippen molar-refractivity contribution in [1.29, 1.82) is 0 Å². The molecular formula is C30H41N3O4. The summed E-state index contributed by atoms with van der Waals surface area (Å²) in [4.78, 5) is 42.1. The van der Waals surface area contributed by atoms with Crippen LogP contribution in [0.3, 0.4) is 0 Å². The number of carboxylic acids is 1. The van der Waals surface area contributed by atoms with Crippen LogP contribution < -0.4 is 5.32 Å². The number of urea groups is 1. The van der Waals surface area contributed by atoms with Crippen LogP contribution in [0.4, 0.5) is 4.79 Å². The lowest BCUT2D eigenvalue weighted by Crippen LogP contribution is -2.60. The zero-order valence-electron chi connectivity index (χ0n) is 22.2. The molecule has 200 valence electrons. The molecule has 1 aromatic rings. The molecule has 6 aliphatic rings. The Morgan fingerprint density at radius 2 is 1.59 bits per heavy atom. The van der Waals surface area contributed by atoms with Gasteiger partial charge in [-0.25, -0.2) is 4.79 Å². The van der Waals surface area contributed by atoms with Gasteiger partial charge in [0.2, 0.25) is 5.91 Å². The minimum Gasteiger partial charge on any atom is -0.481 e. The summed E-state index contributed by atoms with van der Waals surface area (Å²) in [7, 11) is 0. The van der Waals surface area contributed by atoms with Crippen molar-refractivity contribution < 1.29 is 19.5 Å². The number of nitrogens with zero attached hydrogens (tertiary/aromatic N) is 2. The first-order chi connectivity index (χ1) is 17.6. The van der Waals surface area contributed by atoms with Gasteiger partial charge in [-0.05, 0) is 93.6 Å². The number of benzene rings is 1. The third-order valence-corrected chi connectivity index (χ3v) is 10.5. The summed E-state index contributed by atoms with van der Waals surface area (Å²) in [6, 6.07) is 8.78. The number of fused-ring (bicyclic) bond motifs is 2. The Morgan fingerprint density at radius 1 is 0.973 bits per heavy atom. The molecule has 37 heavy (non-hydrogen) atoms. The van der Waals surface area contributed by atoms with E-state index in [1.54, 1.807) is 13.8 Å². The third kappa shape index (κ3) is 4.42. The Bertz CT molecular complexity index is 1060. The SMILES string of the molecule is CC(C)(CC(=O)N1Cc2ccccc2C2(CCN(C(=O)NC3C4CC5CC(C4)CC3C5)CC2)C1)C(=O)O. The zero-order valence-corrected chi connectivity index (χ0v) is 22.2. The van der Waals surface area contributed by atoms with Gasteiger partial charge in [0.1, 0.15) is 0 Å². The minimum atomic E-state index is -1.10. The molecule has 4 aliphatic carbocycles. The lowest BCUT2D eigenvalue weighted by molar-refractivity contribution is -0.152. The van der Waals surface area contributed by atoms with E-state index < -0.39 is 11.4 Å². The first kappa shape index (κ1) is 24.7. The summed E-state index contributed by atoms with van der Waals surface area (Å²) in [5.41, 5.74) is 1.14. The molecule has 7 rings (SSSR count). The summed E-state index contributed by atoms with van der Waals surface area (Å²) in [6.45, 7) is 5.68. The van der Waals surface area contributed by atoms with Crippen LogP contribution in [-0.2, 0) is 21.5 Å². The third-order valence-electron chi connectivity index (χ3n) is 10.5.